The number of rotatable bonds is 4. The zero-order valence-corrected chi connectivity index (χ0v) is 14.1. The lowest BCUT2D eigenvalue weighted by Gasteiger charge is -2.15. The van der Waals surface area contributed by atoms with Gasteiger partial charge in [0.2, 0.25) is 5.91 Å². The summed E-state index contributed by atoms with van der Waals surface area (Å²) in [6, 6.07) is 6.01. The van der Waals surface area contributed by atoms with Crippen molar-refractivity contribution in [3.8, 4) is 11.5 Å². The lowest BCUT2D eigenvalue weighted by molar-refractivity contribution is -0.122. The van der Waals surface area contributed by atoms with Gasteiger partial charge in [-0.15, -0.1) is 12.4 Å². The van der Waals surface area contributed by atoms with Crippen molar-refractivity contribution in [1.29, 1.82) is 0 Å². The van der Waals surface area contributed by atoms with Gasteiger partial charge in [-0.25, -0.2) is 0 Å². The smallest absolute Gasteiger partial charge is 0.220 e. The molecular formula is C17H25ClN2O3. The Morgan fingerprint density at radius 1 is 1.17 bits per heavy atom. The minimum absolute atomic E-state index is 0. The number of ether oxygens (including phenoxy) is 2. The number of carbonyl (C=O) groups excluding carboxylic acids is 1. The third-order valence-corrected chi connectivity index (χ3v) is 4.47. The van der Waals surface area contributed by atoms with Crippen LogP contribution >= 0.6 is 12.4 Å². The minimum Gasteiger partial charge on any atom is -0.490 e. The van der Waals surface area contributed by atoms with Crippen LogP contribution in [0, 0.1) is 5.92 Å². The first-order valence-corrected chi connectivity index (χ1v) is 8.13. The van der Waals surface area contributed by atoms with E-state index < -0.39 is 0 Å². The number of amides is 1. The quantitative estimate of drug-likeness (QED) is 0.882. The molecule has 0 radical (unpaired) electrons. The maximum atomic E-state index is 12.0. The number of carbonyl (C=O) groups is 1. The summed E-state index contributed by atoms with van der Waals surface area (Å²) in [5.41, 5.74) is 7.04. The van der Waals surface area contributed by atoms with Crippen LogP contribution in [-0.2, 0) is 11.3 Å². The van der Waals surface area contributed by atoms with Crippen LogP contribution in [0.4, 0.5) is 0 Å². The molecule has 3 rings (SSSR count). The molecule has 2 aliphatic rings. The van der Waals surface area contributed by atoms with Crippen molar-refractivity contribution in [2.24, 2.45) is 11.7 Å². The molecule has 1 fully saturated rings. The number of fused-ring (bicyclic) bond motifs is 1. The van der Waals surface area contributed by atoms with E-state index >= 15 is 0 Å². The molecule has 1 aliphatic carbocycles. The summed E-state index contributed by atoms with van der Waals surface area (Å²) in [7, 11) is 0. The average molecular weight is 341 g/mol. The highest BCUT2D eigenvalue weighted by Crippen LogP contribution is 2.30. The van der Waals surface area contributed by atoms with Gasteiger partial charge in [0.05, 0.1) is 13.2 Å². The molecule has 0 bridgehead atoms. The maximum Gasteiger partial charge on any atom is 0.220 e. The Balaban J connectivity index is 0.00000192. The fourth-order valence-electron chi connectivity index (χ4n) is 3.15. The molecule has 128 valence electrons. The summed E-state index contributed by atoms with van der Waals surface area (Å²) in [5.74, 6) is 1.96. The van der Waals surface area contributed by atoms with Crippen LogP contribution in [0.1, 0.15) is 37.7 Å². The monoisotopic (exact) mass is 340 g/mol. The highest BCUT2D eigenvalue weighted by atomic mass is 35.5. The summed E-state index contributed by atoms with van der Waals surface area (Å²) in [6.45, 7) is 1.87. The summed E-state index contributed by atoms with van der Waals surface area (Å²) in [6.07, 6.45) is 4.67. The zero-order chi connectivity index (χ0) is 15.4. The minimum atomic E-state index is 0. The Bertz CT molecular complexity index is 539. The number of benzene rings is 1. The van der Waals surface area contributed by atoms with Gasteiger partial charge in [0.1, 0.15) is 0 Å². The topological polar surface area (TPSA) is 73.6 Å². The summed E-state index contributed by atoms with van der Waals surface area (Å²) < 4.78 is 11.3. The van der Waals surface area contributed by atoms with Crippen molar-refractivity contribution in [2.75, 3.05) is 13.2 Å². The SMILES string of the molecule is Cl.N[C@@H]1CCC[C@H]1CC(=O)NCc1ccc2c(c1)OCCCO2. The van der Waals surface area contributed by atoms with Gasteiger partial charge in [-0.05, 0) is 36.5 Å². The molecule has 0 unspecified atom stereocenters. The lowest BCUT2D eigenvalue weighted by atomic mass is 10.00. The molecule has 1 amide bonds. The fraction of sp³-hybridized carbons (Fsp3) is 0.588. The van der Waals surface area contributed by atoms with Crippen molar-refractivity contribution < 1.29 is 14.3 Å². The van der Waals surface area contributed by atoms with Crippen LogP contribution in [0.5, 0.6) is 11.5 Å². The summed E-state index contributed by atoms with van der Waals surface area (Å²) >= 11 is 0. The van der Waals surface area contributed by atoms with E-state index in [1.54, 1.807) is 0 Å². The van der Waals surface area contributed by atoms with Crippen LogP contribution < -0.4 is 20.5 Å². The normalized spacial score (nSPS) is 22.8. The Kier molecular flexibility index (Phi) is 6.54. The Morgan fingerprint density at radius 3 is 2.70 bits per heavy atom. The molecule has 6 heteroatoms. The van der Waals surface area contributed by atoms with E-state index in [1.165, 1.54) is 0 Å². The van der Waals surface area contributed by atoms with E-state index in [1.807, 2.05) is 18.2 Å². The van der Waals surface area contributed by atoms with Gasteiger partial charge in [-0.3, -0.25) is 4.79 Å². The number of nitrogens with one attached hydrogen (secondary N) is 1. The Labute approximate surface area is 143 Å². The second-order valence-corrected chi connectivity index (χ2v) is 6.17. The van der Waals surface area contributed by atoms with Gasteiger partial charge in [-0.1, -0.05) is 12.5 Å². The van der Waals surface area contributed by atoms with Gasteiger partial charge < -0.3 is 20.5 Å². The molecule has 2 atom stereocenters. The van der Waals surface area contributed by atoms with Crippen LogP contribution in [0.2, 0.25) is 0 Å². The van der Waals surface area contributed by atoms with Crippen molar-refractivity contribution >= 4 is 18.3 Å². The Hall–Kier alpha value is -1.46. The molecular weight excluding hydrogens is 316 g/mol. The molecule has 0 spiro atoms. The maximum absolute atomic E-state index is 12.0. The van der Waals surface area contributed by atoms with Gasteiger partial charge in [0, 0.05) is 25.4 Å². The van der Waals surface area contributed by atoms with Crippen LogP contribution in [-0.4, -0.2) is 25.2 Å². The van der Waals surface area contributed by atoms with Crippen molar-refractivity contribution in [3.05, 3.63) is 23.8 Å². The van der Waals surface area contributed by atoms with Crippen molar-refractivity contribution in [3.63, 3.8) is 0 Å². The van der Waals surface area contributed by atoms with E-state index in [0.717, 1.165) is 42.7 Å². The predicted molar refractivity (Wildman–Crippen MR) is 91.1 cm³/mol. The standard InChI is InChI=1S/C17H24N2O3.ClH/c18-14-4-1-3-13(14)10-17(20)19-11-12-5-6-15-16(9-12)22-8-2-7-21-15;/h5-6,9,13-14H,1-4,7-8,10-11,18H2,(H,19,20);1H/t13-,14+;/m0./s1. The van der Waals surface area contributed by atoms with Crippen LogP contribution in [0.15, 0.2) is 18.2 Å². The summed E-state index contributed by atoms with van der Waals surface area (Å²) in [5, 5.41) is 2.98. The van der Waals surface area contributed by atoms with Gasteiger partial charge in [0.25, 0.3) is 0 Å². The van der Waals surface area contributed by atoms with Crippen LogP contribution in [0.3, 0.4) is 0 Å². The van der Waals surface area contributed by atoms with E-state index in [0.29, 0.717) is 32.1 Å². The molecule has 5 nitrogen and oxygen atoms in total. The lowest BCUT2D eigenvalue weighted by Crippen LogP contribution is -2.31. The third kappa shape index (κ3) is 4.75. The molecule has 3 N–H and O–H groups in total. The van der Waals surface area contributed by atoms with Gasteiger partial charge >= 0.3 is 0 Å². The third-order valence-electron chi connectivity index (χ3n) is 4.47. The first kappa shape index (κ1) is 17.9. The molecule has 1 aliphatic heterocycles. The van der Waals surface area contributed by atoms with Crippen molar-refractivity contribution in [2.45, 2.75) is 44.7 Å². The zero-order valence-electron chi connectivity index (χ0n) is 13.3. The average Bonchev–Trinajstić information content (AvgIpc) is 2.78. The Morgan fingerprint density at radius 2 is 1.96 bits per heavy atom. The van der Waals surface area contributed by atoms with Gasteiger partial charge in [-0.2, -0.15) is 0 Å². The van der Waals surface area contributed by atoms with Crippen molar-refractivity contribution in [1.82, 2.24) is 5.32 Å². The van der Waals surface area contributed by atoms with E-state index in [2.05, 4.69) is 5.32 Å². The van der Waals surface area contributed by atoms with E-state index in [4.69, 9.17) is 15.2 Å². The largest absolute Gasteiger partial charge is 0.490 e. The first-order chi connectivity index (χ1) is 10.7. The number of hydrogen-bond acceptors (Lipinski definition) is 4. The highest BCUT2D eigenvalue weighted by Gasteiger charge is 2.25. The molecule has 1 saturated carbocycles. The molecule has 0 aromatic heterocycles. The first-order valence-electron chi connectivity index (χ1n) is 8.13. The van der Waals surface area contributed by atoms with E-state index in [-0.39, 0.29) is 24.4 Å². The molecule has 1 heterocycles. The molecule has 1 aromatic carbocycles. The fourth-order valence-corrected chi connectivity index (χ4v) is 3.15. The number of halogens is 1. The van der Waals surface area contributed by atoms with Crippen LogP contribution in [0.25, 0.3) is 0 Å². The molecule has 1 aromatic rings. The molecule has 23 heavy (non-hydrogen) atoms. The highest BCUT2D eigenvalue weighted by molar-refractivity contribution is 5.85. The second kappa shape index (κ2) is 8.41. The van der Waals surface area contributed by atoms with Gasteiger partial charge in [0.15, 0.2) is 11.5 Å². The van der Waals surface area contributed by atoms with E-state index in [9.17, 15) is 4.79 Å². The summed E-state index contributed by atoms with van der Waals surface area (Å²) in [4.78, 5) is 12.0. The predicted octanol–water partition coefficient (Wildman–Crippen LogP) is 2.40. The second-order valence-electron chi connectivity index (χ2n) is 6.17. The number of nitrogens with two attached hydrogens (primary N) is 1. The molecule has 0 saturated heterocycles. The number of hydrogen-bond donors (Lipinski definition) is 2.